The summed E-state index contributed by atoms with van der Waals surface area (Å²) in [6.07, 6.45) is 6.37. The second-order valence-corrected chi connectivity index (χ2v) is 8.18. The summed E-state index contributed by atoms with van der Waals surface area (Å²) in [5.41, 5.74) is 5.07. The van der Waals surface area contributed by atoms with Crippen molar-refractivity contribution >= 4 is 33.8 Å². The maximum Gasteiger partial charge on any atom is 0.224 e. The van der Waals surface area contributed by atoms with Gasteiger partial charge in [-0.05, 0) is 37.6 Å². The van der Waals surface area contributed by atoms with Gasteiger partial charge in [0.15, 0.2) is 5.13 Å². The molecule has 0 radical (unpaired) electrons. The number of aromatic nitrogens is 1. The molecule has 3 aromatic rings. The molecule has 1 heterocycles. The number of rotatable bonds is 10. The summed E-state index contributed by atoms with van der Waals surface area (Å²) in [5.74, 6) is 0.0903. The third kappa shape index (κ3) is 6.71. The predicted octanol–water partition coefficient (Wildman–Crippen LogP) is 7.16. The Balaban J connectivity index is 1.51. The zero-order chi connectivity index (χ0) is 20.5. The molecule has 2 aromatic carbocycles. The van der Waals surface area contributed by atoms with Crippen LogP contribution >= 0.6 is 11.3 Å². The monoisotopic (exact) mass is 407 g/mol. The Morgan fingerprint density at radius 2 is 1.62 bits per heavy atom. The largest absolute Gasteiger partial charge is 0.332 e. The zero-order valence-electron chi connectivity index (χ0n) is 17.2. The smallest absolute Gasteiger partial charge is 0.224 e. The molecule has 0 atom stereocenters. The molecule has 0 saturated carbocycles. The second kappa shape index (κ2) is 10.8. The van der Waals surface area contributed by atoms with Crippen LogP contribution in [0, 0.1) is 6.92 Å². The van der Waals surface area contributed by atoms with Gasteiger partial charge in [-0.3, -0.25) is 4.79 Å². The minimum Gasteiger partial charge on any atom is -0.332 e. The normalized spacial score (nSPS) is 10.7. The molecule has 0 fully saturated rings. The minimum atomic E-state index is 0.0903. The third-order valence-electron chi connectivity index (χ3n) is 4.78. The highest BCUT2D eigenvalue weighted by Gasteiger charge is 2.07. The van der Waals surface area contributed by atoms with Crippen molar-refractivity contribution in [2.75, 3.05) is 10.6 Å². The third-order valence-corrected chi connectivity index (χ3v) is 5.54. The van der Waals surface area contributed by atoms with Crippen LogP contribution in [0.5, 0.6) is 0 Å². The fourth-order valence-electron chi connectivity index (χ4n) is 3.06. The van der Waals surface area contributed by atoms with Crippen molar-refractivity contribution in [2.45, 2.75) is 52.4 Å². The summed E-state index contributed by atoms with van der Waals surface area (Å²) >= 11 is 1.58. The highest BCUT2D eigenvalue weighted by Crippen LogP contribution is 2.28. The lowest BCUT2D eigenvalue weighted by molar-refractivity contribution is -0.116. The van der Waals surface area contributed by atoms with E-state index >= 15 is 0 Å². The molecule has 2 N–H and O–H groups in total. The first-order valence-corrected chi connectivity index (χ1v) is 11.2. The molecule has 1 aromatic heterocycles. The number of carbonyl (C=O) groups is 1. The fraction of sp³-hybridized carbons (Fsp3) is 0.333. The van der Waals surface area contributed by atoms with Crippen molar-refractivity contribution in [1.82, 2.24) is 4.98 Å². The SMILES string of the molecule is CCCCCCCC(=O)Nc1ccc(-c2csc(Nc3ccc(C)cc3)n2)cc1. The van der Waals surface area contributed by atoms with Crippen LogP contribution in [0.25, 0.3) is 11.3 Å². The highest BCUT2D eigenvalue weighted by molar-refractivity contribution is 7.14. The van der Waals surface area contributed by atoms with Gasteiger partial charge in [-0.15, -0.1) is 11.3 Å². The number of thiazole rings is 1. The summed E-state index contributed by atoms with van der Waals surface area (Å²) in [7, 11) is 0. The number of anilines is 3. The van der Waals surface area contributed by atoms with Gasteiger partial charge in [-0.2, -0.15) is 0 Å². The van der Waals surface area contributed by atoms with Crippen LogP contribution in [0.4, 0.5) is 16.5 Å². The molecule has 1 amide bonds. The first-order chi connectivity index (χ1) is 14.1. The molecule has 0 aliphatic rings. The van der Waals surface area contributed by atoms with Crippen molar-refractivity contribution in [3.05, 3.63) is 59.5 Å². The van der Waals surface area contributed by atoms with Crippen LogP contribution < -0.4 is 10.6 Å². The lowest BCUT2D eigenvalue weighted by atomic mass is 10.1. The number of nitrogens with zero attached hydrogens (tertiary/aromatic N) is 1. The van der Waals surface area contributed by atoms with Crippen molar-refractivity contribution in [1.29, 1.82) is 0 Å². The van der Waals surface area contributed by atoms with Gasteiger partial charge in [0.1, 0.15) is 0 Å². The number of amides is 1. The van der Waals surface area contributed by atoms with Gasteiger partial charge in [-0.25, -0.2) is 4.98 Å². The molecule has 0 unspecified atom stereocenters. The van der Waals surface area contributed by atoms with Crippen LogP contribution in [0.15, 0.2) is 53.9 Å². The summed E-state index contributed by atoms with van der Waals surface area (Å²) in [6, 6.07) is 16.1. The maximum absolute atomic E-state index is 12.1. The molecule has 4 nitrogen and oxygen atoms in total. The van der Waals surface area contributed by atoms with E-state index in [1.807, 2.05) is 29.6 Å². The number of unbranched alkanes of at least 4 members (excludes halogenated alkanes) is 4. The Kier molecular flexibility index (Phi) is 7.82. The zero-order valence-corrected chi connectivity index (χ0v) is 18.0. The van der Waals surface area contributed by atoms with E-state index in [0.29, 0.717) is 6.42 Å². The van der Waals surface area contributed by atoms with E-state index in [0.717, 1.165) is 40.6 Å². The molecule has 0 saturated heterocycles. The average Bonchev–Trinajstić information content (AvgIpc) is 3.19. The topological polar surface area (TPSA) is 54.0 Å². The van der Waals surface area contributed by atoms with Crippen molar-refractivity contribution < 1.29 is 4.79 Å². The quantitative estimate of drug-likeness (QED) is 0.351. The molecule has 0 aliphatic carbocycles. The number of hydrogen-bond acceptors (Lipinski definition) is 4. The van der Waals surface area contributed by atoms with E-state index in [1.54, 1.807) is 11.3 Å². The van der Waals surface area contributed by atoms with Gasteiger partial charge in [0.25, 0.3) is 0 Å². The number of carbonyl (C=O) groups excluding carboxylic acids is 1. The van der Waals surface area contributed by atoms with Gasteiger partial charge in [0, 0.05) is 28.7 Å². The maximum atomic E-state index is 12.1. The summed E-state index contributed by atoms with van der Waals surface area (Å²) < 4.78 is 0. The predicted molar refractivity (Wildman–Crippen MR) is 124 cm³/mol. The van der Waals surface area contributed by atoms with Gasteiger partial charge < -0.3 is 10.6 Å². The van der Waals surface area contributed by atoms with Gasteiger partial charge in [-0.1, -0.05) is 62.4 Å². The van der Waals surface area contributed by atoms with Crippen LogP contribution in [-0.2, 0) is 4.79 Å². The van der Waals surface area contributed by atoms with Gasteiger partial charge in [0.2, 0.25) is 5.91 Å². The van der Waals surface area contributed by atoms with E-state index in [1.165, 1.54) is 24.8 Å². The Labute approximate surface area is 177 Å². The van der Waals surface area contributed by atoms with Gasteiger partial charge >= 0.3 is 0 Å². The average molecular weight is 408 g/mol. The van der Waals surface area contributed by atoms with Crippen molar-refractivity contribution in [2.24, 2.45) is 0 Å². The molecular formula is C24H29N3OS. The Morgan fingerprint density at radius 1 is 0.931 bits per heavy atom. The first kappa shape index (κ1) is 21.1. The van der Waals surface area contributed by atoms with E-state index in [9.17, 15) is 4.79 Å². The second-order valence-electron chi connectivity index (χ2n) is 7.32. The molecule has 0 bridgehead atoms. The van der Waals surface area contributed by atoms with E-state index in [2.05, 4.69) is 53.7 Å². The Bertz CT molecular complexity index is 901. The molecule has 3 rings (SSSR count). The molecule has 0 aliphatic heterocycles. The summed E-state index contributed by atoms with van der Waals surface area (Å²) in [6.45, 7) is 4.27. The summed E-state index contributed by atoms with van der Waals surface area (Å²) in [4.78, 5) is 16.7. The Hall–Kier alpha value is -2.66. The Morgan fingerprint density at radius 3 is 2.34 bits per heavy atom. The molecule has 0 spiro atoms. The first-order valence-electron chi connectivity index (χ1n) is 10.3. The minimum absolute atomic E-state index is 0.0903. The summed E-state index contributed by atoms with van der Waals surface area (Å²) in [5, 5.41) is 9.23. The standard InChI is InChI=1S/C24H29N3OS/c1-3-4-5-6-7-8-23(28)25-20-15-11-19(12-16-20)22-17-29-24(27-22)26-21-13-9-18(2)10-14-21/h9-17H,3-8H2,1-2H3,(H,25,28)(H,26,27). The number of benzene rings is 2. The van der Waals surface area contributed by atoms with Crippen LogP contribution in [0.1, 0.15) is 51.0 Å². The van der Waals surface area contributed by atoms with E-state index < -0.39 is 0 Å². The molecule has 5 heteroatoms. The lowest BCUT2D eigenvalue weighted by Gasteiger charge is -2.06. The molecule has 152 valence electrons. The number of aryl methyl sites for hydroxylation is 1. The molecular weight excluding hydrogens is 378 g/mol. The number of hydrogen-bond donors (Lipinski definition) is 2. The van der Waals surface area contributed by atoms with Crippen LogP contribution in [0.2, 0.25) is 0 Å². The highest BCUT2D eigenvalue weighted by atomic mass is 32.1. The number of nitrogens with one attached hydrogen (secondary N) is 2. The van der Waals surface area contributed by atoms with Gasteiger partial charge in [0.05, 0.1) is 5.69 Å². The van der Waals surface area contributed by atoms with Crippen molar-refractivity contribution in [3.8, 4) is 11.3 Å². The van der Waals surface area contributed by atoms with Crippen LogP contribution in [0.3, 0.4) is 0 Å². The van der Waals surface area contributed by atoms with E-state index in [4.69, 9.17) is 0 Å². The molecule has 29 heavy (non-hydrogen) atoms. The van der Waals surface area contributed by atoms with E-state index in [-0.39, 0.29) is 5.91 Å². The van der Waals surface area contributed by atoms with Crippen molar-refractivity contribution in [3.63, 3.8) is 0 Å². The fourth-order valence-corrected chi connectivity index (χ4v) is 3.80. The lowest BCUT2D eigenvalue weighted by Crippen LogP contribution is -2.10. The van der Waals surface area contributed by atoms with Crippen LogP contribution in [-0.4, -0.2) is 10.9 Å².